The average Bonchev–Trinajstić information content (AvgIpc) is 2.62. The highest BCUT2D eigenvalue weighted by Gasteiger charge is 2.14. The van der Waals surface area contributed by atoms with E-state index in [1.165, 1.54) is 0 Å². The molecule has 0 spiro atoms. The van der Waals surface area contributed by atoms with Crippen LogP contribution in [0, 0.1) is 0 Å². The lowest BCUT2D eigenvalue weighted by Crippen LogP contribution is -2.12. The Bertz CT molecular complexity index is 769. The molecule has 0 N–H and O–H groups in total. The summed E-state index contributed by atoms with van der Waals surface area (Å²) in [6.45, 7) is 3.69. The Morgan fingerprint density at radius 1 is 0.833 bits per heavy atom. The molecular formula is C21H19NO2. The molecule has 120 valence electrons. The summed E-state index contributed by atoms with van der Waals surface area (Å²) < 4.78 is 5.35. The number of pyridine rings is 1. The van der Waals surface area contributed by atoms with Gasteiger partial charge >= 0.3 is 5.97 Å². The summed E-state index contributed by atoms with van der Waals surface area (Å²) in [5.41, 5.74) is 3.96. The number of carbonyl (C=O) groups excluding carboxylic acids is 1. The Balaban J connectivity index is 2.11. The van der Waals surface area contributed by atoms with Crippen LogP contribution in [0.5, 0.6) is 0 Å². The van der Waals surface area contributed by atoms with E-state index < -0.39 is 0 Å². The predicted molar refractivity (Wildman–Crippen MR) is 95.7 cm³/mol. The van der Waals surface area contributed by atoms with Crippen molar-refractivity contribution in [3.8, 4) is 22.5 Å². The van der Waals surface area contributed by atoms with Gasteiger partial charge in [0.1, 0.15) is 0 Å². The second kappa shape index (κ2) is 7.09. The molecule has 3 rings (SSSR count). The molecule has 24 heavy (non-hydrogen) atoms. The lowest BCUT2D eigenvalue weighted by Gasteiger charge is -2.11. The third kappa shape index (κ3) is 3.69. The minimum atomic E-state index is -0.332. The highest BCUT2D eigenvalue weighted by atomic mass is 16.5. The molecule has 0 aliphatic heterocycles. The Hall–Kier alpha value is -2.94. The van der Waals surface area contributed by atoms with Crippen LogP contribution in [-0.2, 0) is 4.74 Å². The Morgan fingerprint density at radius 2 is 1.29 bits per heavy atom. The monoisotopic (exact) mass is 317 g/mol. The molecule has 3 heteroatoms. The summed E-state index contributed by atoms with van der Waals surface area (Å²) in [5.74, 6) is -0.332. The lowest BCUT2D eigenvalue weighted by molar-refractivity contribution is 0.0378. The van der Waals surface area contributed by atoms with Crippen LogP contribution < -0.4 is 0 Å². The van der Waals surface area contributed by atoms with Gasteiger partial charge in [-0.2, -0.15) is 0 Å². The van der Waals surface area contributed by atoms with E-state index in [4.69, 9.17) is 9.72 Å². The van der Waals surface area contributed by atoms with E-state index in [1.807, 2.05) is 74.5 Å². The zero-order valence-electron chi connectivity index (χ0n) is 13.8. The zero-order chi connectivity index (χ0) is 16.9. The first-order valence-corrected chi connectivity index (χ1v) is 7.97. The lowest BCUT2D eigenvalue weighted by atomic mass is 10.0. The fourth-order valence-electron chi connectivity index (χ4n) is 2.44. The molecule has 0 saturated carbocycles. The van der Waals surface area contributed by atoms with E-state index in [-0.39, 0.29) is 12.1 Å². The van der Waals surface area contributed by atoms with Crippen molar-refractivity contribution in [1.29, 1.82) is 0 Å². The second-order valence-corrected chi connectivity index (χ2v) is 5.81. The van der Waals surface area contributed by atoms with Crippen LogP contribution in [0.1, 0.15) is 24.2 Å². The van der Waals surface area contributed by atoms with Gasteiger partial charge < -0.3 is 4.74 Å². The van der Waals surface area contributed by atoms with Crippen LogP contribution >= 0.6 is 0 Å². The maximum atomic E-state index is 12.4. The topological polar surface area (TPSA) is 39.2 Å². The van der Waals surface area contributed by atoms with E-state index >= 15 is 0 Å². The molecule has 3 aromatic rings. The van der Waals surface area contributed by atoms with Crippen molar-refractivity contribution in [3.05, 3.63) is 78.4 Å². The smallest absolute Gasteiger partial charge is 0.338 e. The number of ether oxygens (including phenoxy) is 1. The van der Waals surface area contributed by atoms with E-state index in [9.17, 15) is 4.79 Å². The Kier molecular flexibility index (Phi) is 4.71. The highest BCUT2D eigenvalue weighted by Crippen LogP contribution is 2.25. The molecule has 0 radical (unpaired) electrons. The molecule has 0 bridgehead atoms. The minimum absolute atomic E-state index is 0.161. The fraction of sp³-hybridized carbons (Fsp3) is 0.143. The second-order valence-electron chi connectivity index (χ2n) is 5.81. The summed E-state index contributed by atoms with van der Waals surface area (Å²) >= 11 is 0. The molecule has 1 aromatic heterocycles. The number of rotatable bonds is 4. The van der Waals surface area contributed by atoms with Gasteiger partial charge in [-0.05, 0) is 26.0 Å². The van der Waals surface area contributed by atoms with Gasteiger partial charge in [-0.25, -0.2) is 9.78 Å². The van der Waals surface area contributed by atoms with E-state index in [0.717, 1.165) is 22.5 Å². The quantitative estimate of drug-likeness (QED) is 0.637. The molecule has 1 heterocycles. The van der Waals surface area contributed by atoms with Crippen molar-refractivity contribution in [2.75, 3.05) is 0 Å². The number of hydrogen-bond donors (Lipinski definition) is 0. The average molecular weight is 317 g/mol. The van der Waals surface area contributed by atoms with Gasteiger partial charge in [-0.3, -0.25) is 0 Å². The van der Waals surface area contributed by atoms with Crippen LogP contribution in [0.25, 0.3) is 22.5 Å². The van der Waals surface area contributed by atoms with Crippen molar-refractivity contribution >= 4 is 5.97 Å². The van der Waals surface area contributed by atoms with Crippen LogP contribution in [0.2, 0.25) is 0 Å². The summed E-state index contributed by atoms with van der Waals surface area (Å²) in [5, 5.41) is 0. The maximum Gasteiger partial charge on any atom is 0.338 e. The van der Waals surface area contributed by atoms with Gasteiger partial charge in [0.05, 0.1) is 23.1 Å². The normalized spacial score (nSPS) is 10.6. The largest absolute Gasteiger partial charge is 0.459 e. The number of benzene rings is 2. The van der Waals surface area contributed by atoms with Crippen LogP contribution in [0.4, 0.5) is 0 Å². The molecule has 0 unspecified atom stereocenters. The Labute approximate surface area is 142 Å². The summed E-state index contributed by atoms with van der Waals surface area (Å²) in [6, 6.07) is 23.2. The summed E-state index contributed by atoms with van der Waals surface area (Å²) in [6.07, 6.45) is -0.161. The van der Waals surface area contributed by atoms with E-state index in [2.05, 4.69) is 0 Å². The SMILES string of the molecule is CC(C)OC(=O)c1cc(-c2ccccc2)nc(-c2ccccc2)c1. The molecule has 0 fully saturated rings. The van der Waals surface area contributed by atoms with E-state index in [0.29, 0.717) is 5.56 Å². The molecular weight excluding hydrogens is 298 g/mol. The third-order valence-corrected chi connectivity index (χ3v) is 3.54. The molecule has 2 aromatic carbocycles. The van der Waals surface area contributed by atoms with Crippen molar-refractivity contribution in [2.45, 2.75) is 20.0 Å². The number of hydrogen-bond acceptors (Lipinski definition) is 3. The first-order valence-electron chi connectivity index (χ1n) is 7.97. The fourth-order valence-corrected chi connectivity index (χ4v) is 2.44. The van der Waals surface area contributed by atoms with Crippen LogP contribution in [0.3, 0.4) is 0 Å². The highest BCUT2D eigenvalue weighted by molar-refractivity contribution is 5.92. The maximum absolute atomic E-state index is 12.4. The number of aromatic nitrogens is 1. The van der Waals surface area contributed by atoms with Gasteiger partial charge in [-0.15, -0.1) is 0 Å². The van der Waals surface area contributed by atoms with Crippen molar-refractivity contribution < 1.29 is 9.53 Å². The molecule has 0 aliphatic carbocycles. The first kappa shape index (κ1) is 15.9. The van der Waals surface area contributed by atoms with Crippen LogP contribution in [0.15, 0.2) is 72.8 Å². The van der Waals surface area contributed by atoms with Gasteiger partial charge in [0.25, 0.3) is 0 Å². The van der Waals surface area contributed by atoms with Crippen molar-refractivity contribution in [1.82, 2.24) is 4.98 Å². The predicted octanol–water partition coefficient (Wildman–Crippen LogP) is 4.98. The summed E-state index contributed by atoms with van der Waals surface area (Å²) in [7, 11) is 0. The molecule has 3 nitrogen and oxygen atoms in total. The van der Waals surface area contributed by atoms with Gasteiger partial charge in [0.15, 0.2) is 0 Å². The first-order chi connectivity index (χ1) is 11.6. The van der Waals surface area contributed by atoms with Crippen molar-refractivity contribution in [2.24, 2.45) is 0 Å². The number of carbonyl (C=O) groups is 1. The van der Waals surface area contributed by atoms with Gasteiger partial charge in [0, 0.05) is 11.1 Å². The summed E-state index contributed by atoms with van der Waals surface area (Å²) in [4.78, 5) is 17.1. The number of nitrogens with zero attached hydrogens (tertiary/aromatic N) is 1. The zero-order valence-corrected chi connectivity index (χ0v) is 13.8. The molecule has 0 aliphatic rings. The van der Waals surface area contributed by atoms with Crippen molar-refractivity contribution in [3.63, 3.8) is 0 Å². The molecule has 0 amide bonds. The standard InChI is InChI=1S/C21H19NO2/c1-15(2)24-21(23)18-13-19(16-9-5-3-6-10-16)22-20(14-18)17-11-7-4-8-12-17/h3-15H,1-2H3. The van der Waals surface area contributed by atoms with E-state index in [1.54, 1.807) is 12.1 Å². The Morgan fingerprint density at radius 3 is 1.71 bits per heavy atom. The molecule has 0 saturated heterocycles. The van der Waals surface area contributed by atoms with Gasteiger partial charge in [0.2, 0.25) is 0 Å². The van der Waals surface area contributed by atoms with Crippen LogP contribution in [-0.4, -0.2) is 17.1 Å². The third-order valence-electron chi connectivity index (χ3n) is 3.54. The number of esters is 1. The molecule has 0 atom stereocenters. The minimum Gasteiger partial charge on any atom is -0.459 e. The van der Waals surface area contributed by atoms with Gasteiger partial charge in [-0.1, -0.05) is 60.7 Å².